The molecule has 0 bridgehead atoms. The molecule has 1 fully saturated rings. The Morgan fingerprint density at radius 3 is 2.86 bits per heavy atom. The third kappa shape index (κ3) is 3.24. The third-order valence-electron chi connectivity index (χ3n) is 4.67. The lowest BCUT2D eigenvalue weighted by Gasteiger charge is -2.41. The number of amides is 1. The Morgan fingerprint density at radius 2 is 2.14 bits per heavy atom. The van der Waals surface area contributed by atoms with Crippen molar-refractivity contribution in [2.75, 3.05) is 31.1 Å². The van der Waals surface area contributed by atoms with Crippen LogP contribution in [0, 0.1) is 5.82 Å². The van der Waals surface area contributed by atoms with Crippen LogP contribution in [0.15, 0.2) is 10.8 Å². The van der Waals surface area contributed by atoms with Crippen LogP contribution in [0.2, 0.25) is 5.02 Å². The number of carbonyl (C=O) groups excluding carboxylic acids is 1. The number of aromatic nitrogens is 2. The summed E-state index contributed by atoms with van der Waals surface area (Å²) >= 11 is 9.46. The van der Waals surface area contributed by atoms with E-state index in [0.717, 1.165) is 0 Å². The topological polar surface area (TPSA) is 67.8 Å². The Kier molecular flexibility index (Phi) is 4.78. The molecule has 0 aliphatic carbocycles. The van der Waals surface area contributed by atoms with Crippen LogP contribution in [-0.4, -0.2) is 58.8 Å². The van der Waals surface area contributed by atoms with Gasteiger partial charge in [0.05, 0.1) is 26.4 Å². The molecule has 0 radical (unpaired) electrons. The van der Waals surface area contributed by atoms with E-state index in [1.807, 2.05) is 25.7 Å². The van der Waals surface area contributed by atoms with Crippen molar-refractivity contribution in [3.63, 3.8) is 0 Å². The number of hydrogen-bond acceptors (Lipinski definition) is 6. The molecule has 1 saturated heterocycles. The molecule has 2 aromatic rings. The van der Waals surface area contributed by atoms with Gasteiger partial charge in [-0.15, -0.1) is 0 Å². The van der Waals surface area contributed by atoms with E-state index in [4.69, 9.17) is 21.1 Å². The molecule has 1 atom stereocenters. The van der Waals surface area contributed by atoms with Crippen LogP contribution >= 0.6 is 27.5 Å². The van der Waals surface area contributed by atoms with Crippen LogP contribution in [0.1, 0.15) is 20.8 Å². The second-order valence-corrected chi connectivity index (χ2v) is 8.95. The monoisotopic (exact) mass is 472 g/mol. The lowest BCUT2D eigenvalue weighted by atomic mass is 10.1. The molecule has 28 heavy (non-hydrogen) atoms. The van der Waals surface area contributed by atoms with E-state index in [9.17, 15) is 9.18 Å². The Morgan fingerprint density at radius 1 is 1.39 bits per heavy atom. The van der Waals surface area contributed by atoms with E-state index < -0.39 is 11.4 Å². The smallest absolute Gasteiger partial charge is 0.410 e. The quantitative estimate of drug-likeness (QED) is 0.539. The summed E-state index contributed by atoms with van der Waals surface area (Å²) in [5, 5.41) is 0.621. The first-order valence-corrected chi connectivity index (χ1v) is 10.0. The molecule has 3 heterocycles. The number of benzene rings is 1. The average molecular weight is 474 g/mol. The summed E-state index contributed by atoms with van der Waals surface area (Å²) in [5.41, 5.74) is -0.153. The first-order chi connectivity index (χ1) is 13.2. The molecule has 2 aliphatic heterocycles. The second-order valence-electron chi connectivity index (χ2n) is 7.78. The van der Waals surface area contributed by atoms with Gasteiger partial charge in [-0.2, -0.15) is 0 Å². The van der Waals surface area contributed by atoms with Gasteiger partial charge in [0.2, 0.25) is 0 Å². The molecule has 150 valence electrons. The lowest BCUT2D eigenvalue weighted by molar-refractivity contribution is 0.0201. The predicted molar refractivity (Wildman–Crippen MR) is 107 cm³/mol. The van der Waals surface area contributed by atoms with Crippen LogP contribution in [-0.2, 0) is 4.74 Å². The zero-order valence-electron chi connectivity index (χ0n) is 15.6. The van der Waals surface area contributed by atoms with Gasteiger partial charge in [-0.05, 0) is 36.7 Å². The van der Waals surface area contributed by atoms with Gasteiger partial charge in [0.25, 0.3) is 0 Å². The molecular weight excluding hydrogens is 455 g/mol. The van der Waals surface area contributed by atoms with Gasteiger partial charge in [-0.25, -0.2) is 19.2 Å². The fourth-order valence-corrected chi connectivity index (χ4v) is 4.06. The van der Waals surface area contributed by atoms with E-state index in [-0.39, 0.29) is 34.0 Å². The molecule has 10 heteroatoms. The number of ether oxygens (including phenoxy) is 2. The van der Waals surface area contributed by atoms with Crippen molar-refractivity contribution in [1.82, 2.24) is 14.9 Å². The SMILES string of the molecule is CC(C)(C)OC(=O)N1CCN2c3ncnc4c(Cl)c(Br)c(F)c(c34)OC[C@@H]2C1. The van der Waals surface area contributed by atoms with E-state index >= 15 is 0 Å². The number of carbonyl (C=O) groups is 1. The highest BCUT2D eigenvalue weighted by Crippen LogP contribution is 2.45. The third-order valence-corrected chi connectivity index (χ3v) is 6.01. The number of fused-ring (bicyclic) bond motifs is 2. The summed E-state index contributed by atoms with van der Waals surface area (Å²) in [6, 6.07) is -0.205. The number of anilines is 1. The van der Waals surface area contributed by atoms with Crippen molar-refractivity contribution in [1.29, 1.82) is 0 Å². The van der Waals surface area contributed by atoms with Crippen molar-refractivity contribution >= 4 is 50.3 Å². The van der Waals surface area contributed by atoms with Gasteiger partial charge in [0.15, 0.2) is 11.6 Å². The zero-order valence-corrected chi connectivity index (χ0v) is 18.0. The number of hydrogen-bond donors (Lipinski definition) is 0. The number of nitrogens with zero attached hydrogens (tertiary/aromatic N) is 4. The Hall–Kier alpha value is -1.87. The van der Waals surface area contributed by atoms with Crippen molar-refractivity contribution in [2.24, 2.45) is 0 Å². The molecule has 2 aliphatic rings. The maximum atomic E-state index is 14.8. The second kappa shape index (κ2) is 6.88. The van der Waals surface area contributed by atoms with Crippen molar-refractivity contribution < 1.29 is 18.7 Å². The number of rotatable bonds is 0. The summed E-state index contributed by atoms with van der Waals surface area (Å²) in [6.45, 7) is 7.02. The standard InChI is InChI=1S/C18H19BrClFN4O3/c1-18(2,3)28-17(26)24-4-5-25-9(6-24)7-27-15-10-14(22-8-23-16(10)25)12(20)11(19)13(15)21/h8-9H,4-7H2,1-3H3/t9-/m0/s1. The molecular formula is C18H19BrClFN4O3. The van der Waals surface area contributed by atoms with Crippen molar-refractivity contribution in [2.45, 2.75) is 32.4 Å². The van der Waals surface area contributed by atoms with E-state index in [1.165, 1.54) is 6.33 Å². The summed E-state index contributed by atoms with van der Waals surface area (Å²) in [6.07, 6.45) is 1.03. The minimum atomic E-state index is -0.586. The summed E-state index contributed by atoms with van der Waals surface area (Å²) < 4.78 is 26.2. The van der Waals surface area contributed by atoms with Crippen LogP contribution in [0.4, 0.5) is 15.0 Å². The van der Waals surface area contributed by atoms with Gasteiger partial charge in [0, 0.05) is 19.6 Å². The minimum absolute atomic E-state index is 0.0695. The summed E-state index contributed by atoms with van der Waals surface area (Å²) in [7, 11) is 0. The predicted octanol–water partition coefficient (Wildman–Crippen LogP) is 4.00. The number of piperazine rings is 1. The summed E-state index contributed by atoms with van der Waals surface area (Å²) in [4.78, 5) is 24.7. The first kappa shape index (κ1) is 19.4. The highest BCUT2D eigenvalue weighted by molar-refractivity contribution is 9.10. The highest BCUT2D eigenvalue weighted by atomic mass is 79.9. The molecule has 1 amide bonds. The lowest BCUT2D eigenvalue weighted by Crippen LogP contribution is -2.57. The zero-order chi connectivity index (χ0) is 20.2. The van der Waals surface area contributed by atoms with Gasteiger partial charge in [-0.1, -0.05) is 11.6 Å². The largest absolute Gasteiger partial charge is 0.487 e. The van der Waals surface area contributed by atoms with Gasteiger partial charge >= 0.3 is 6.09 Å². The molecule has 0 spiro atoms. The maximum absolute atomic E-state index is 14.8. The first-order valence-electron chi connectivity index (χ1n) is 8.86. The minimum Gasteiger partial charge on any atom is -0.487 e. The van der Waals surface area contributed by atoms with Crippen LogP contribution in [0.25, 0.3) is 10.9 Å². The van der Waals surface area contributed by atoms with E-state index in [2.05, 4.69) is 25.9 Å². The molecule has 0 unspecified atom stereocenters. The van der Waals surface area contributed by atoms with Gasteiger partial charge in [-0.3, -0.25) is 0 Å². The Labute approximate surface area is 174 Å². The van der Waals surface area contributed by atoms with Crippen molar-refractivity contribution in [3.8, 4) is 5.75 Å². The van der Waals surface area contributed by atoms with E-state index in [1.54, 1.807) is 4.90 Å². The van der Waals surface area contributed by atoms with Crippen LogP contribution in [0.3, 0.4) is 0 Å². The maximum Gasteiger partial charge on any atom is 0.410 e. The van der Waals surface area contributed by atoms with Crippen LogP contribution in [0.5, 0.6) is 5.75 Å². The molecule has 0 saturated carbocycles. The van der Waals surface area contributed by atoms with Crippen LogP contribution < -0.4 is 9.64 Å². The molecule has 1 aromatic heterocycles. The highest BCUT2D eigenvalue weighted by Gasteiger charge is 2.37. The molecule has 1 aromatic carbocycles. The average Bonchev–Trinajstić information content (AvgIpc) is 2.80. The summed E-state index contributed by atoms with van der Waals surface area (Å²) in [5.74, 6) is 0.0390. The normalized spacial score (nSPS) is 19.1. The molecule has 0 N–H and O–H groups in total. The van der Waals surface area contributed by atoms with Gasteiger partial charge < -0.3 is 19.3 Å². The fraction of sp³-hybridized carbons (Fsp3) is 0.500. The van der Waals surface area contributed by atoms with Gasteiger partial charge in [0.1, 0.15) is 24.4 Å². The molecule has 4 rings (SSSR count). The van der Waals surface area contributed by atoms with E-state index in [0.29, 0.717) is 36.4 Å². The fourth-order valence-electron chi connectivity index (χ4n) is 3.46. The van der Waals surface area contributed by atoms with Crippen molar-refractivity contribution in [3.05, 3.63) is 21.6 Å². The Balaban J connectivity index is 1.71. The number of halogens is 3. The Bertz CT molecular complexity index is 968. The molecule has 7 nitrogen and oxygen atoms in total.